The number of carbonyl (C=O) groups excluding carboxylic acids is 1. The van der Waals surface area contributed by atoms with Crippen molar-refractivity contribution in [3.05, 3.63) is 18.1 Å². The Balaban J connectivity index is 2.14. The van der Waals surface area contributed by atoms with Crippen molar-refractivity contribution in [3.63, 3.8) is 0 Å². The first kappa shape index (κ1) is 12.8. The lowest BCUT2D eigenvalue weighted by atomic mass is 10.4. The van der Waals surface area contributed by atoms with Crippen LogP contribution in [0.15, 0.2) is 12.4 Å². The summed E-state index contributed by atoms with van der Waals surface area (Å²) in [6.45, 7) is 3.91. The van der Waals surface area contributed by atoms with Gasteiger partial charge in [-0.3, -0.25) is 4.98 Å². The smallest absolute Gasteiger partial charge is 0.358 e. The maximum absolute atomic E-state index is 11.4. The van der Waals surface area contributed by atoms with Crippen LogP contribution < -0.4 is 4.90 Å². The van der Waals surface area contributed by atoms with Crippen LogP contribution in [-0.2, 0) is 4.74 Å². The second-order valence-electron chi connectivity index (χ2n) is 4.40. The molecule has 0 atom stereocenters. The van der Waals surface area contributed by atoms with Crippen LogP contribution in [0.1, 0.15) is 16.9 Å². The molecule has 6 heteroatoms. The number of methoxy groups -OCH3 is 1. The zero-order chi connectivity index (χ0) is 13.0. The van der Waals surface area contributed by atoms with Gasteiger partial charge >= 0.3 is 5.97 Å². The molecule has 18 heavy (non-hydrogen) atoms. The van der Waals surface area contributed by atoms with Crippen LogP contribution in [0.5, 0.6) is 0 Å². The number of rotatable bonds is 2. The zero-order valence-corrected chi connectivity index (χ0v) is 10.8. The molecular formula is C12H18N4O2. The van der Waals surface area contributed by atoms with Gasteiger partial charge in [-0.25, -0.2) is 9.78 Å². The minimum atomic E-state index is -0.448. The number of anilines is 1. The molecule has 1 aliphatic heterocycles. The van der Waals surface area contributed by atoms with Crippen molar-refractivity contribution in [2.75, 3.05) is 45.2 Å². The van der Waals surface area contributed by atoms with Gasteiger partial charge in [0.1, 0.15) is 5.82 Å². The average Bonchev–Trinajstić information content (AvgIpc) is 2.63. The summed E-state index contributed by atoms with van der Waals surface area (Å²) in [6.07, 6.45) is 4.21. The number of hydrogen-bond donors (Lipinski definition) is 0. The number of ether oxygens (including phenoxy) is 1. The highest BCUT2D eigenvalue weighted by Gasteiger charge is 2.16. The van der Waals surface area contributed by atoms with Gasteiger partial charge < -0.3 is 14.5 Å². The van der Waals surface area contributed by atoms with Crippen LogP contribution in [0.25, 0.3) is 0 Å². The quantitative estimate of drug-likeness (QED) is 0.708. The molecule has 0 amide bonds. The van der Waals surface area contributed by atoms with Crippen LogP contribution in [0.2, 0.25) is 0 Å². The minimum absolute atomic E-state index is 0.257. The first-order chi connectivity index (χ1) is 8.70. The van der Waals surface area contributed by atoms with Crippen LogP contribution in [0.3, 0.4) is 0 Å². The first-order valence-corrected chi connectivity index (χ1v) is 6.04. The maximum atomic E-state index is 11.4. The molecule has 1 aliphatic rings. The largest absolute Gasteiger partial charge is 0.464 e. The van der Waals surface area contributed by atoms with E-state index in [0.29, 0.717) is 0 Å². The fourth-order valence-electron chi connectivity index (χ4n) is 1.99. The molecule has 6 nitrogen and oxygen atoms in total. The van der Waals surface area contributed by atoms with E-state index in [-0.39, 0.29) is 5.69 Å². The molecule has 0 unspecified atom stereocenters. The van der Waals surface area contributed by atoms with Crippen molar-refractivity contribution in [1.29, 1.82) is 0 Å². The fraction of sp³-hybridized carbons (Fsp3) is 0.583. The molecule has 2 rings (SSSR count). The molecule has 0 bridgehead atoms. The number of hydrogen-bond acceptors (Lipinski definition) is 6. The summed E-state index contributed by atoms with van der Waals surface area (Å²) in [4.78, 5) is 24.2. The third-order valence-corrected chi connectivity index (χ3v) is 3.06. The van der Waals surface area contributed by atoms with Crippen LogP contribution in [0, 0.1) is 0 Å². The Morgan fingerprint density at radius 3 is 2.89 bits per heavy atom. The van der Waals surface area contributed by atoms with Crippen molar-refractivity contribution in [2.24, 2.45) is 0 Å². The van der Waals surface area contributed by atoms with Crippen LogP contribution in [0.4, 0.5) is 5.82 Å². The van der Waals surface area contributed by atoms with Gasteiger partial charge in [-0.05, 0) is 20.0 Å². The number of likely N-dealkylation sites (N-methyl/N-ethyl adjacent to an activating group) is 1. The topological polar surface area (TPSA) is 58.6 Å². The highest BCUT2D eigenvalue weighted by molar-refractivity contribution is 5.87. The number of aromatic nitrogens is 2. The Morgan fingerprint density at radius 2 is 2.11 bits per heavy atom. The Morgan fingerprint density at radius 1 is 1.28 bits per heavy atom. The van der Waals surface area contributed by atoms with Gasteiger partial charge in [-0.1, -0.05) is 0 Å². The summed E-state index contributed by atoms with van der Waals surface area (Å²) >= 11 is 0. The van der Waals surface area contributed by atoms with E-state index in [1.165, 1.54) is 13.3 Å². The van der Waals surface area contributed by atoms with Crippen molar-refractivity contribution < 1.29 is 9.53 Å². The summed E-state index contributed by atoms with van der Waals surface area (Å²) in [5.74, 6) is 0.296. The van der Waals surface area contributed by atoms with Gasteiger partial charge in [0.15, 0.2) is 5.69 Å². The highest BCUT2D eigenvalue weighted by Crippen LogP contribution is 2.13. The van der Waals surface area contributed by atoms with E-state index in [0.717, 1.165) is 38.4 Å². The molecule has 2 heterocycles. The van der Waals surface area contributed by atoms with Crippen LogP contribution >= 0.6 is 0 Å². The van der Waals surface area contributed by atoms with Crippen molar-refractivity contribution in [3.8, 4) is 0 Å². The predicted octanol–water partition coefficient (Wildman–Crippen LogP) is 0.405. The maximum Gasteiger partial charge on any atom is 0.358 e. The Bertz CT molecular complexity index is 424. The van der Waals surface area contributed by atoms with Gasteiger partial charge in [0, 0.05) is 19.6 Å². The second-order valence-corrected chi connectivity index (χ2v) is 4.40. The molecule has 0 aliphatic carbocycles. The molecular weight excluding hydrogens is 232 g/mol. The average molecular weight is 250 g/mol. The highest BCUT2D eigenvalue weighted by atomic mass is 16.5. The second kappa shape index (κ2) is 5.77. The van der Waals surface area contributed by atoms with Gasteiger partial charge in [-0.2, -0.15) is 0 Å². The number of esters is 1. The molecule has 0 aromatic carbocycles. The van der Waals surface area contributed by atoms with Crippen molar-refractivity contribution in [2.45, 2.75) is 6.42 Å². The Kier molecular flexibility index (Phi) is 4.09. The zero-order valence-electron chi connectivity index (χ0n) is 10.8. The summed E-state index contributed by atoms with van der Waals surface area (Å²) in [5.41, 5.74) is 0.257. The third-order valence-electron chi connectivity index (χ3n) is 3.06. The standard InChI is InChI=1S/C12H18N4O2/c1-15-4-3-5-16(7-6-15)11-9-13-8-10(14-11)12(17)18-2/h8-9H,3-7H2,1-2H3. The monoisotopic (exact) mass is 250 g/mol. The predicted molar refractivity (Wildman–Crippen MR) is 67.7 cm³/mol. The first-order valence-electron chi connectivity index (χ1n) is 6.04. The van der Waals surface area contributed by atoms with E-state index in [2.05, 4.69) is 31.6 Å². The SMILES string of the molecule is COC(=O)c1cncc(N2CCCN(C)CC2)n1. The van der Waals surface area contributed by atoms with Gasteiger partial charge in [0.25, 0.3) is 0 Å². The number of nitrogens with zero attached hydrogens (tertiary/aromatic N) is 4. The van der Waals surface area contributed by atoms with Gasteiger partial charge in [0.05, 0.1) is 19.5 Å². The van der Waals surface area contributed by atoms with E-state index in [9.17, 15) is 4.79 Å². The lowest BCUT2D eigenvalue weighted by Gasteiger charge is -2.21. The molecule has 98 valence electrons. The Hall–Kier alpha value is -1.69. The van der Waals surface area contributed by atoms with Gasteiger partial charge in [0.2, 0.25) is 0 Å². The minimum Gasteiger partial charge on any atom is -0.464 e. The van der Waals surface area contributed by atoms with Crippen LogP contribution in [-0.4, -0.2) is 61.2 Å². The molecule has 1 aromatic rings. The van der Waals surface area contributed by atoms with Crippen molar-refractivity contribution >= 4 is 11.8 Å². The molecule has 0 N–H and O–H groups in total. The molecule has 1 saturated heterocycles. The molecule has 1 fully saturated rings. The Labute approximate surface area is 107 Å². The van der Waals surface area contributed by atoms with E-state index in [1.807, 2.05) is 0 Å². The van der Waals surface area contributed by atoms with E-state index >= 15 is 0 Å². The van der Waals surface area contributed by atoms with E-state index < -0.39 is 5.97 Å². The molecule has 0 spiro atoms. The molecule has 0 radical (unpaired) electrons. The normalized spacial score (nSPS) is 17.3. The van der Waals surface area contributed by atoms with Gasteiger partial charge in [-0.15, -0.1) is 0 Å². The van der Waals surface area contributed by atoms with Crippen molar-refractivity contribution in [1.82, 2.24) is 14.9 Å². The lowest BCUT2D eigenvalue weighted by Crippen LogP contribution is -2.29. The lowest BCUT2D eigenvalue weighted by molar-refractivity contribution is 0.0593. The third kappa shape index (κ3) is 2.95. The fourth-order valence-corrected chi connectivity index (χ4v) is 1.99. The molecule has 1 aromatic heterocycles. The van der Waals surface area contributed by atoms with E-state index in [1.54, 1.807) is 6.20 Å². The summed E-state index contributed by atoms with van der Waals surface area (Å²) < 4.78 is 4.65. The molecule has 0 saturated carbocycles. The summed E-state index contributed by atoms with van der Waals surface area (Å²) in [7, 11) is 3.46. The van der Waals surface area contributed by atoms with E-state index in [4.69, 9.17) is 0 Å². The summed E-state index contributed by atoms with van der Waals surface area (Å²) in [6, 6.07) is 0. The number of carbonyl (C=O) groups is 1. The summed E-state index contributed by atoms with van der Waals surface area (Å²) in [5, 5.41) is 0.